The normalized spacial score (nSPS) is 23.8. The lowest BCUT2D eigenvalue weighted by Crippen LogP contribution is -2.60. The molecule has 3 amide bonds. The second kappa shape index (κ2) is 9.46. The van der Waals surface area contributed by atoms with Crippen molar-refractivity contribution in [1.29, 1.82) is 5.26 Å². The number of anilines is 1. The molecule has 0 radical (unpaired) electrons. The third-order valence-corrected chi connectivity index (χ3v) is 7.22. The van der Waals surface area contributed by atoms with Crippen LogP contribution in [0.25, 0.3) is 0 Å². The van der Waals surface area contributed by atoms with E-state index in [2.05, 4.69) is 15.3 Å². The van der Waals surface area contributed by atoms with Crippen LogP contribution in [0.2, 0.25) is 0 Å². The molecule has 0 bridgehead atoms. The second-order valence-electron chi connectivity index (χ2n) is 11.4. The number of hydrogen-bond acceptors (Lipinski definition) is 7. The van der Waals surface area contributed by atoms with Crippen molar-refractivity contribution >= 4 is 23.5 Å². The van der Waals surface area contributed by atoms with Crippen LogP contribution in [0.4, 0.5) is 19.0 Å². The third-order valence-electron chi connectivity index (χ3n) is 7.22. The molecule has 3 rings (SSSR count). The molecule has 0 spiro atoms. The van der Waals surface area contributed by atoms with E-state index < -0.39 is 47.4 Å². The molecule has 13 heteroatoms. The van der Waals surface area contributed by atoms with E-state index in [1.165, 1.54) is 38.1 Å². The molecule has 1 aromatic heterocycles. The van der Waals surface area contributed by atoms with Crippen molar-refractivity contribution < 1.29 is 27.6 Å². The molecule has 0 aromatic carbocycles. The molecule has 1 saturated heterocycles. The van der Waals surface area contributed by atoms with E-state index in [-0.39, 0.29) is 29.5 Å². The molecule has 2 fully saturated rings. The lowest BCUT2D eigenvalue weighted by Gasteiger charge is -2.37. The van der Waals surface area contributed by atoms with Gasteiger partial charge >= 0.3 is 12.1 Å². The Kier molecular flexibility index (Phi) is 7.20. The first-order valence-corrected chi connectivity index (χ1v) is 11.8. The Hall–Kier alpha value is -3.43. The van der Waals surface area contributed by atoms with Crippen LogP contribution in [0.1, 0.15) is 46.4 Å². The average Bonchev–Trinajstić information content (AvgIpc) is 3.12. The van der Waals surface area contributed by atoms with E-state index in [1.54, 1.807) is 19.0 Å². The number of likely N-dealkylation sites (tertiary alicyclic amines) is 1. The first kappa shape index (κ1) is 28.1. The van der Waals surface area contributed by atoms with Gasteiger partial charge in [-0.15, -0.1) is 0 Å². The molecule has 2 N–H and O–H groups in total. The predicted octanol–water partition coefficient (Wildman–Crippen LogP) is 1.80. The molecule has 1 aliphatic carbocycles. The summed E-state index contributed by atoms with van der Waals surface area (Å²) in [4.78, 5) is 50.1. The summed E-state index contributed by atoms with van der Waals surface area (Å²) >= 11 is 0. The van der Waals surface area contributed by atoms with Crippen molar-refractivity contribution in [2.24, 2.45) is 22.7 Å². The fourth-order valence-electron chi connectivity index (χ4n) is 4.97. The number of halogens is 3. The second-order valence-corrected chi connectivity index (χ2v) is 11.4. The number of amides is 3. The fourth-order valence-corrected chi connectivity index (χ4v) is 4.97. The smallest absolute Gasteiger partial charge is 0.361 e. The standard InChI is InChI=1S/C24H32F3N7O3/c1-22(2,3)18(32-21(37)24(25,26)27)20(36)34-11-12-16(23(12,4)5)17(34)19(35)31-13(8-28)14-9-29-10-15(30-14)33(6)7/h9-10,12-13,16-18H,11H2,1-7H3,(H,31,35)(H,32,37)/t12-,13?,16-,17-,18?/m0/s1. The molecule has 1 aromatic rings. The van der Waals surface area contributed by atoms with Gasteiger partial charge in [0.2, 0.25) is 11.8 Å². The molecule has 37 heavy (non-hydrogen) atoms. The number of hydrogen-bond donors (Lipinski definition) is 2. The Morgan fingerprint density at radius 1 is 1.19 bits per heavy atom. The van der Waals surface area contributed by atoms with Gasteiger partial charge < -0.3 is 20.4 Å². The zero-order chi connectivity index (χ0) is 28.1. The van der Waals surface area contributed by atoms with Crippen molar-refractivity contribution in [2.75, 3.05) is 25.5 Å². The van der Waals surface area contributed by atoms with Gasteiger partial charge in [0.25, 0.3) is 0 Å². The Labute approximate surface area is 213 Å². The van der Waals surface area contributed by atoms with Gasteiger partial charge in [0.1, 0.15) is 17.9 Å². The number of rotatable bonds is 6. The Balaban J connectivity index is 1.89. The minimum atomic E-state index is -5.17. The lowest BCUT2D eigenvalue weighted by molar-refractivity contribution is -0.176. The summed E-state index contributed by atoms with van der Waals surface area (Å²) in [6.07, 6.45) is -2.32. The first-order chi connectivity index (χ1) is 16.9. The highest BCUT2D eigenvalue weighted by Gasteiger charge is 2.70. The predicted molar refractivity (Wildman–Crippen MR) is 127 cm³/mol. The molecule has 2 aliphatic rings. The van der Waals surface area contributed by atoms with Crippen molar-refractivity contribution in [3.8, 4) is 6.07 Å². The highest BCUT2D eigenvalue weighted by atomic mass is 19.4. The van der Waals surface area contributed by atoms with Gasteiger partial charge in [-0.2, -0.15) is 18.4 Å². The minimum Gasteiger partial charge on any atom is -0.361 e. The first-order valence-electron chi connectivity index (χ1n) is 11.8. The van der Waals surface area contributed by atoms with Crippen molar-refractivity contribution in [2.45, 2.75) is 58.9 Å². The van der Waals surface area contributed by atoms with Gasteiger partial charge in [0, 0.05) is 20.6 Å². The summed E-state index contributed by atoms with van der Waals surface area (Å²) in [5, 5.41) is 14.2. The summed E-state index contributed by atoms with van der Waals surface area (Å²) in [6, 6.07) is -1.73. The van der Waals surface area contributed by atoms with Crippen molar-refractivity contribution in [3.05, 3.63) is 18.1 Å². The van der Waals surface area contributed by atoms with E-state index in [0.717, 1.165) is 0 Å². The van der Waals surface area contributed by atoms with Crippen molar-refractivity contribution in [3.63, 3.8) is 0 Å². The molecular weight excluding hydrogens is 491 g/mol. The maximum absolute atomic E-state index is 13.6. The molecule has 202 valence electrons. The van der Waals surface area contributed by atoms with Crippen LogP contribution in [0.5, 0.6) is 0 Å². The number of fused-ring (bicyclic) bond motifs is 1. The number of alkyl halides is 3. The molecule has 2 unspecified atom stereocenters. The van der Waals surface area contributed by atoms with Gasteiger partial charge in [-0.25, -0.2) is 4.98 Å². The monoisotopic (exact) mass is 523 g/mol. The quantitative estimate of drug-likeness (QED) is 0.581. The maximum Gasteiger partial charge on any atom is 0.471 e. The molecule has 1 aliphatic heterocycles. The van der Waals surface area contributed by atoms with Crippen LogP contribution in [0, 0.1) is 34.0 Å². The number of carbonyl (C=O) groups is 3. The fraction of sp³-hybridized carbons (Fsp3) is 0.667. The summed E-state index contributed by atoms with van der Waals surface area (Å²) < 4.78 is 39.0. The summed E-state index contributed by atoms with van der Waals surface area (Å²) in [5.74, 6) is -3.46. The van der Waals surface area contributed by atoms with Crippen LogP contribution >= 0.6 is 0 Å². The van der Waals surface area contributed by atoms with Gasteiger partial charge in [0.05, 0.1) is 24.2 Å². The van der Waals surface area contributed by atoms with Crippen LogP contribution in [0.3, 0.4) is 0 Å². The SMILES string of the molecule is CN(C)c1cncc(C(C#N)NC(=O)[C@@H]2[C@@H]3[C@H](CN2C(=O)C(NC(=O)C(F)(F)F)C(C)(C)C)C3(C)C)n1. The number of carbonyl (C=O) groups excluding carboxylic acids is 3. The number of nitrogens with one attached hydrogen (secondary N) is 2. The third kappa shape index (κ3) is 5.47. The van der Waals surface area contributed by atoms with Crippen LogP contribution in [-0.4, -0.2) is 71.5 Å². The van der Waals surface area contributed by atoms with Gasteiger partial charge in [-0.05, 0) is 22.7 Å². The lowest BCUT2D eigenvalue weighted by atomic mass is 9.85. The van der Waals surface area contributed by atoms with E-state index in [9.17, 15) is 32.8 Å². The minimum absolute atomic E-state index is 0.0523. The largest absolute Gasteiger partial charge is 0.471 e. The molecule has 1 saturated carbocycles. The Morgan fingerprint density at radius 3 is 2.32 bits per heavy atom. The van der Waals surface area contributed by atoms with Crippen molar-refractivity contribution in [1.82, 2.24) is 25.5 Å². The number of aromatic nitrogens is 2. The highest BCUT2D eigenvalue weighted by Crippen LogP contribution is 2.65. The number of nitrogens with zero attached hydrogens (tertiary/aromatic N) is 5. The molecule has 5 atom stereocenters. The van der Waals surface area contributed by atoms with E-state index in [1.807, 2.05) is 25.2 Å². The Bertz CT molecular complexity index is 1120. The summed E-state index contributed by atoms with van der Waals surface area (Å²) in [5.41, 5.74) is -1.15. The highest BCUT2D eigenvalue weighted by molar-refractivity contribution is 5.95. The van der Waals surface area contributed by atoms with Gasteiger partial charge in [-0.3, -0.25) is 19.4 Å². The van der Waals surface area contributed by atoms with E-state index in [4.69, 9.17) is 0 Å². The number of nitriles is 1. The zero-order valence-electron chi connectivity index (χ0n) is 21.8. The molecular formula is C24H32F3N7O3. The van der Waals surface area contributed by atoms with Gasteiger partial charge in [0.15, 0.2) is 6.04 Å². The zero-order valence-corrected chi connectivity index (χ0v) is 21.8. The summed E-state index contributed by atoms with van der Waals surface area (Å²) in [7, 11) is 3.49. The topological polar surface area (TPSA) is 131 Å². The van der Waals surface area contributed by atoms with Gasteiger partial charge in [-0.1, -0.05) is 34.6 Å². The Morgan fingerprint density at radius 2 is 1.81 bits per heavy atom. The molecule has 2 heterocycles. The maximum atomic E-state index is 13.6. The summed E-state index contributed by atoms with van der Waals surface area (Å²) in [6.45, 7) is 8.64. The van der Waals surface area contributed by atoms with E-state index >= 15 is 0 Å². The molecule has 10 nitrogen and oxygen atoms in total. The van der Waals surface area contributed by atoms with Crippen LogP contribution < -0.4 is 15.5 Å². The van der Waals surface area contributed by atoms with Crippen LogP contribution in [-0.2, 0) is 14.4 Å². The van der Waals surface area contributed by atoms with Crippen LogP contribution in [0.15, 0.2) is 12.4 Å². The average molecular weight is 524 g/mol. The number of piperidine rings is 1. The van der Waals surface area contributed by atoms with E-state index in [0.29, 0.717) is 5.82 Å².